The lowest BCUT2D eigenvalue weighted by Crippen LogP contribution is -2.47. The Hall–Kier alpha value is -1.10. The van der Waals surface area contributed by atoms with E-state index in [0.29, 0.717) is 0 Å². The van der Waals surface area contributed by atoms with Crippen molar-refractivity contribution in [2.24, 2.45) is 5.73 Å². The maximum atomic E-state index is 6.47. The Bertz CT molecular complexity index is 423. The SMILES string of the molecule is CCCOc1ccccc1C(N)C1CN(CCC)CCO1. The molecule has 1 aliphatic heterocycles. The Morgan fingerprint density at radius 2 is 2.14 bits per heavy atom. The van der Waals surface area contributed by atoms with Gasteiger partial charge >= 0.3 is 0 Å². The second-order valence-corrected chi connectivity index (χ2v) is 5.62. The van der Waals surface area contributed by atoms with Crippen LogP contribution < -0.4 is 10.5 Å². The Morgan fingerprint density at radius 1 is 1.33 bits per heavy atom. The summed E-state index contributed by atoms with van der Waals surface area (Å²) < 4.78 is 11.7. The second-order valence-electron chi connectivity index (χ2n) is 5.62. The molecule has 0 saturated carbocycles. The number of hydrogen-bond acceptors (Lipinski definition) is 4. The molecule has 2 unspecified atom stereocenters. The van der Waals surface area contributed by atoms with Crippen LogP contribution in [0.2, 0.25) is 0 Å². The van der Waals surface area contributed by atoms with E-state index in [2.05, 4.69) is 24.8 Å². The molecule has 1 aromatic carbocycles. The van der Waals surface area contributed by atoms with Gasteiger partial charge in [0.15, 0.2) is 0 Å². The van der Waals surface area contributed by atoms with Gasteiger partial charge in [0.2, 0.25) is 0 Å². The van der Waals surface area contributed by atoms with Crippen LogP contribution in [0.5, 0.6) is 5.75 Å². The van der Waals surface area contributed by atoms with Crippen molar-refractivity contribution in [2.75, 3.05) is 32.8 Å². The number of nitrogens with two attached hydrogens (primary N) is 1. The first-order chi connectivity index (χ1) is 10.3. The van der Waals surface area contributed by atoms with E-state index < -0.39 is 0 Å². The van der Waals surface area contributed by atoms with Crippen molar-refractivity contribution < 1.29 is 9.47 Å². The van der Waals surface area contributed by atoms with Crippen LogP contribution >= 0.6 is 0 Å². The summed E-state index contributed by atoms with van der Waals surface area (Å²) in [5.41, 5.74) is 7.52. The van der Waals surface area contributed by atoms with Gasteiger partial charge in [-0.05, 0) is 25.5 Å². The van der Waals surface area contributed by atoms with Crippen molar-refractivity contribution in [2.45, 2.75) is 38.8 Å². The zero-order chi connectivity index (χ0) is 15.1. The molecule has 0 bridgehead atoms. The molecule has 118 valence electrons. The largest absolute Gasteiger partial charge is 0.493 e. The minimum Gasteiger partial charge on any atom is -0.493 e. The van der Waals surface area contributed by atoms with Crippen LogP contribution in [-0.4, -0.2) is 43.9 Å². The molecule has 2 atom stereocenters. The van der Waals surface area contributed by atoms with E-state index in [0.717, 1.165) is 57.0 Å². The molecular weight excluding hydrogens is 264 g/mol. The number of benzene rings is 1. The number of morpholine rings is 1. The van der Waals surface area contributed by atoms with Crippen LogP contribution in [0.25, 0.3) is 0 Å². The van der Waals surface area contributed by atoms with E-state index in [-0.39, 0.29) is 12.1 Å². The van der Waals surface area contributed by atoms with Crippen LogP contribution in [0, 0.1) is 0 Å². The van der Waals surface area contributed by atoms with Crippen LogP contribution in [0.15, 0.2) is 24.3 Å². The predicted octanol–water partition coefficient (Wildman–Crippen LogP) is 2.59. The van der Waals surface area contributed by atoms with Gasteiger partial charge in [0.1, 0.15) is 5.75 Å². The van der Waals surface area contributed by atoms with Crippen LogP contribution in [0.1, 0.15) is 38.3 Å². The Morgan fingerprint density at radius 3 is 2.90 bits per heavy atom. The van der Waals surface area contributed by atoms with E-state index in [1.807, 2.05) is 18.2 Å². The quantitative estimate of drug-likeness (QED) is 0.839. The normalized spacial score (nSPS) is 21.2. The minimum atomic E-state index is -0.141. The highest BCUT2D eigenvalue weighted by Crippen LogP contribution is 2.28. The number of rotatable bonds is 7. The molecular formula is C17H28N2O2. The average molecular weight is 292 g/mol. The molecule has 1 fully saturated rings. The molecule has 0 radical (unpaired) electrons. The molecule has 0 aliphatic carbocycles. The zero-order valence-electron chi connectivity index (χ0n) is 13.3. The Balaban J connectivity index is 2.06. The predicted molar refractivity (Wildman–Crippen MR) is 85.6 cm³/mol. The summed E-state index contributed by atoms with van der Waals surface area (Å²) in [7, 11) is 0. The smallest absolute Gasteiger partial charge is 0.124 e. The lowest BCUT2D eigenvalue weighted by atomic mass is 10.00. The number of para-hydroxylation sites is 1. The molecule has 0 aromatic heterocycles. The molecule has 1 aliphatic rings. The fourth-order valence-corrected chi connectivity index (χ4v) is 2.77. The summed E-state index contributed by atoms with van der Waals surface area (Å²) in [6.07, 6.45) is 2.20. The first-order valence-electron chi connectivity index (χ1n) is 8.07. The van der Waals surface area contributed by atoms with Crippen molar-refractivity contribution in [3.63, 3.8) is 0 Å². The van der Waals surface area contributed by atoms with Gasteiger partial charge in [-0.1, -0.05) is 32.0 Å². The summed E-state index contributed by atoms with van der Waals surface area (Å²) in [5.74, 6) is 0.892. The van der Waals surface area contributed by atoms with E-state index >= 15 is 0 Å². The molecule has 1 heterocycles. The van der Waals surface area contributed by atoms with Crippen molar-refractivity contribution in [1.82, 2.24) is 4.90 Å². The molecule has 2 N–H and O–H groups in total. The lowest BCUT2D eigenvalue weighted by Gasteiger charge is -2.36. The van der Waals surface area contributed by atoms with Crippen LogP contribution in [0.3, 0.4) is 0 Å². The van der Waals surface area contributed by atoms with Crippen LogP contribution in [-0.2, 0) is 4.74 Å². The van der Waals surface area contributed by atoms with Gasteiger partial charge in [-0.15, -0.1) is 0 Å². The highest BCUT2D eigenvalue weighted by molar-refractivity contribution is 5.36. The van der Waals surface area contributed by atoms with E-state index in [9.17, 15) is 0 Å². The maximum Gasteiger partial charge on any atom is 0.124 e. The Labute approximate surface area is 128 Å². The average Bonchev–Trinajstić information content (AvgIpc) is 2.53. The third kappa shape index (κ3) is 4.43. The number of ether oxygens (including phenoxy) is 2. The molecule has 1 saturated heterocycles. The fraction of sp³-hybridized carbons (Fsp3) is 0.647. The summed E-state index contributed by atoms with van der Waals surface area (Å²) in [6, 6.07) is 7.92. The van der Waals surface area contributed by atoms with Crippen LogP contribution in [0.4, 0.5) is 0 Å². The van der Waals surface area contributed by atoms with Gasteiger partial charge in [-0.2, -0.15) is 0 Å². The first kappa shape index (κ1) is 16.3. The third-order valence-corrected chi connectivity index (χ3v) is 3.86. The zero-order valence-corrected chi connectivity index (χ0v) is 13.3. The number of hydrogen-bond donors (Lipinski definition) is 1. The van der Waals surface area contributed by atoms with E-state index in [1.54, 1.807) is 0 Å². The monoisotopic (exact) mass is 292 g/mol. The van der Waals surface area contributed by atoms with E-state index in [1.165, 1.54) is 0 Å². The first-order valence-corrected chi connectivity index (χ1v) is 8.07. The number of nitrogens with zero attached hydrogens (tertiary/aromatic N) is 1. The van der Waals surface area contributed by atoms with Gasteiger partial charge < -0.3 is 15.2 Å². The lowest BCUT2D eigenvalue weighted by molar-refractivity contribution is -0.0411. The van der Waals surface area contributed by atoms with Crippen molar-refractivity contribution in [1.29, 1.82) is 0 Å². The fourth-order valence-electron chi connectivity index (χ4n) is 2.77. The van der Waals surface area contributed by atoms with E-state index in [4.69, 9.17) is 15.2 Å². The molecule has 4 heteroatoms. The molecule has 1 aromatic rings. The highest BCUT2D eigenvalue weighted by atomic mass is 16.5. The molecule has 21 heavy (non-hydrogen) atoms. The highest BCUT2D eigenvalue weighted by Gasteiger charge is 2.28. The summed E-state index contributed by atoms with van der Waals surface area (Å²) >= 11 is 0. The van der Waals surface area contributed by atoms with Crippen molar-refractivity contribution in [3.8, 4) is 5.75 Å². The van der Waals surface area contributed by atoms with Crippen molar-refractivity contribution in [3.05, 3.63) is 29.8 Å². The Kier molecular flexibility index (Phi) is 6.49. The van der Waals surface area contributed by atoms with Gasteiger partial charge in [0.25, 0.3) is 0 Å². The van der Waals surface area contributed by atoms with Gasteiger partial charge in [-0.3, -0.25) is 4.90 Å². The molecule has 0 spiro atoms. The van der Waals surface area contributed by atoms with Gasteiger partial charge in [-0.25, -0.2) is 0 Å². The summed E-state index contributed by atoms with van der Waals surface area (Å²) in [6.45, 7) is 8.81. The summed E-state index contributed by atoms with van der Waals surface area (Å²) in [5, 5.41) is 0. The minimum absolute atomic E-state index is 0.0386. The molecule has 4 nitrogen and oxygen atoms in total. The molecule has 2 rings (SSSR count). The van der Waals surface area contributed by atoms with Crippen molar-refractivity contribution >= 4 is 0 Å². The standard InChI is InChI=1S/C17H28N2O2/c1-3-9-19-10-12-21-16(13-19)17(18)14-7-5-6-8-15(14)20-11-4-2/h5-8,16-17H,3-4,9-13,18H2,1-2H3. The second kappa shape index (κ2) is 8.37. The van der Waals surface area contributed by atoms with Gasteiger partial charge in [0.05, 0.1) is 25.4 Å². The third-order valence-electron chi connectivity index (χ3n) is 3.86. The summed E-state index contributed by atoms with van der Waals surface area (Å²) in [4.78, 5) is 2.43. The molecule has 0 amide bonds. The van der Waals surface area contributed by atoms with Gasteiger partial charge in [0, 0.05) is 18.7 Å². The topological polar surface area (TPSA) is 47.7 Å². The maximum absolute atomic E-state index is 6.47.